The highest BCUT2D eigenvalue weighted by Gasteiger charge is 2.47. The molecule has 0 radical (unpaired) electrons. The summed E-state index contributed by atoms with van der Waals surface area (Å²) in [5.41, 5.74) is 2.05. The van der Waals surface area contributed by atoms with Gasteiger partial charge in [-0.2, -0.15) is 0 Å². The Labute approximate surface area is 160 Å². The number of ether oxygens (including phenoxy) is 1. The van der Waals surface area contributed by atoms with Gasteiger partial charge in [0, 0.05) is 38.8 Å². The van der Waals surface area contributed by atoms with Crippen LogP contribution in [0.3, 0.4) is 0 Å². The summed E-state index contributed by atoms with van der Waals surface area (Å²) >= 11 is 0. The minimum Gasteiger partial charge on any atom is -0.497 e. The molecule has 2 aromatic rings. The molecule has 0 saturated carbocycles. The molecule has 0 aliphatic carbocycles. The smallest absolute Gasteiger partial charge is 0.231 e. The summed E-state index contributed by atoms with van der Waals surface area (Å²) in [7, 11) is 1.68. The molecule has 27 heavy (non-hydrogen) atoms. The van der Waals surface area contributed by atoms with Gasteiger partial charge in [-0.05, 0) is 29.7 Å². The Bertz CT molecular complexity index is 789. The van der Waals surface area contributed by atoms with E-state index in [1.165, 1.54) is 5.56 Å². The van der Waals surface area contributed by atoms with Gasteiger partial charge in [-0.1, -0.05) is 42.5 Å². The zero-order valence-corrected chi connectivity index (χ0v) is 15.8. The van der Waals surface area contributed by atoms with Crippen molar-refractivity contribution in [2.45, 2.75) is 12.5 Å². The zero-order valence-electron chi connectivity index (χ0n) is 15.8. The molecule has 2 saturated heterocycles. The second-order valence-electron chi connectivity index (χ2n) is 7.58. The van der Waals surface area contributed by atoms with Crippen molar-refractivity contribution >= 4 is 5.91 Å². The zero-order chi connectivity index (χ0) is 18.7. The van der Waals surface area contributed by atoms with E-state index in [-0.39, 0.29) is 17.4 Å². The summed E-state index contributed by atoms with van der Waals surface area (Å²) in [5.74, 6) is 1.11. The lowest BCUT2D eigenvalue weighted by Crippen LogP contribution is -2.65. The number of hydrogen-bond acceptors (Lipinski definition) is 4. The molecule has 2 heterocycles. The molecule has 5 heteroatoms. The third-order valence-electron chi connectivity index (χ3n) is 5.72. The van der Waals surface area contributed by atoms with Crippen LogP contribution in [0.1, 0.15) is 17.2 Å². The van der Waals surface area contributed by atoms with Gasteiger partial charge < -0.3 is 20.3 Å². The Morgan fingerprint density at radius 3 is 2.70 bits per heavy atom. The van der Waals surface area contributed by atoms with Gasteiger partial charge in [0.25, 0.3) is 0 Å². The first-order chi connectivity index (χ1) is 13.2. The van der Waals surface area contributed by atoms with E-state index < -0.39 is 0 Å². The summed E-state index contributed by atoms with van der Waals surface area (Å²) in [6.45, 7) is 3.80. The Balaban J connectivity index is 1.49. The summed E-state index contributed by atoms with van der Waals surface area (Å²) in [6, 6.07) is 18.6. The van der Waals surface area contributed by atoms with Crippen molar-refractivity contribution < 1.29 is 9.53 Å². The number of carbonyl (C=O) groups excluding carboxylic acids is 1. The highest BCUT2D eigenvalue weighted by Crippen LogP contribution is 2.32. The van der Waals surface area contributed by atoms with Gasteiger partial charge in [0.2, 0.25) is 5.91 Å². The lowest BCUT2D eigenvalue weighted by atomic mass is 9.74. The summed E-state index contributed by atoms with van der Waals surface area (Å²) in [5, 5.41) is 6.87. The van der Waals surface area contributed by atoms with E-state index in [0.29, 0.717) is 0 Å². The predicted molar refractivity (Wildman–Crippen MR) is 106 cm³/mol. The standard InChI is InChI=1S/C22H27N3O2/c1-27-19-9-5-6-17(12-19)13-22(15-23-16-22)21(26)25-11-10-24-20(14-25)18-7-3-2-4-8-18/h2-9,12,20,23-24H,10-11,13-16H2,1H3. The summed E-state index contributed by atoms with van der Waals surface area (Å²) in [6.07, 6.45) is 0.746. The average molecular weight is 365 g/mol. The number of carbonyl (C=O) groups is 1. The molecular formula is C22H27N3O2. The first-order valence-corrected chi connectivity index (χ1v) is 9.62. The second-order valence-corrected chi connectivity index (χ2v) is 7.58. The van der Waals surface area contributed by atoms with E-state index in [0.717, 1.165) is 50.5 Å². The average Bonchev–Trinajstić information content (AvgIpc) is 2.71. The number of benzene rings is 2. The minimum absolute atomic E-state index is 0.200. The quantitative estimate of drug-likeness (QED) is 0.851. The Kier molecular flexibility index (Phi) is 5.14. The van der Waals surface area contributed by atoms with Crippen molar-refractivity contribution in [3.8, 4) is 5.75 Å². The van der Waals surface area contributed by atoms with Gasteiger partial charge in [0.1, 0.15) is 5.75 Å². The van der Waals surface area contributed by atoms with E-state index in [1.54, 1.807) is 7.11 Å². The molecule has 142 valence electrons. The van der Waals surface area contributed by atoms with Crippen LogP contribution in [-0.4, -0.2) is 50.6 Å². The molecule has 2 aliphatic heterocycles. The SMILES string of the molecule is COc1cccc(CC2(C(=O)N3CCNC(c4ccccc4)C3)CNC2)c1. The molecule has 2 aromatic carbocycles. The van der Waals surface area contributed by atoms with Crippen molar-refractivity contribution in [2.75, 3.05) is 39.8 Å². The third-order valence-corrected chi connectivity index (χ3v) is 5.72. The summed E-state index contributed by atoms with van der Waals surface area (Å²) < 4.78 is 5.34. The molecule has 0 aromatic heterocycles. The summed E-state index contributed by atoms with van der Waals surface area (Å²) in [4.78, 5) is 15.5. The first-order valence-electron chi connectivity index (χ1n) is 9.62. The Morgan fingerprint density at radius 1 is 1.19 bits per heavy atom. The van der Waals surface area contributed by atoms with Gasteiger partial charge >= 0.3 is 0 Å². The Morgan fingerprint density at radius 2 is 2.00 bits per heavy atom. The van der Waals surface area contributed by atoms with Crippen molar-refractivity contribution in [2.24, 2.45) is 5.41 Å². The van der Waals surface area contributed by atoms with Crippen LogP contribution < -0.4 is 15.4 Å². The fourth-order valence-electron chi connectivity index (χ4n) is 4.13. The van der Waals surface area contributed by atoms with Crippen molar-refractivity contribution in [1.82, 2.24) is 15.5 Å². The van der Waals surface area contributed by atoms with E-state index in [9.17, 15) is 4.79 Å². The molecule has 1 amide bonds. The van der Waals surface area contributed by atoms with E-state index in [1.807, 2.05) is 24.3 Å². The van der Waals surface area contributed by atoms with Gasteiger partial charge in [-0.25, -0.2) is 0 Å². The molecular weight excluding hydrogens is 338 g/mol. The number of amides is 1. The lowest BCUT2D eigenvalue weighted by molar-refractivity contribution is -0.146. The van der Waals surface area contributed by atoms with Crippen LogP contribution in [-0.2, 0) is 11.2 Å². The van der Waals surface area contributed by atoms with Crippen LogP contribution in [0.25, 0.3) is 0 Å². The molecule has 2 aliphatic rings. The van der Waals surface area contributed by atoms with Gasteiger partial charge in [-0.15, -0.1) is 0 Å². The van der Waals surface area contributed by atoms with Crippen molar-refractivity contribution in [3.05, 3.63) is 65.7 Å². The van der Waals surface area contributed by atoms with Gasteiger partial charge in [0.05, 0.1) is 12.5 Å². The third kappa shape index (κ3) is 3.70. The van der Waals surface area contributed by atoms with Crippen molar-refractivity contribution in [1.29, 1.82) is 0 Å². The molecule has 2 N–H and O–H groups in total. The fourth-order valence-corrected chi connectivity index (χ4v) is 4.13. The number of nitrogens with one attached hydrogen (secondary N) is 2. The number of rotatable bonds is 5. The van der Waals surface area contributed by atoms with Crippen molar-refractivity contribution in [3.63, 3.8) is 0 Å². The van der Waals surface area contributed by atoms with E-state index in [4.69, 9.17) is 4.74 Å². The predicted octanol–water partition coefficient (Wildman–Crippen LogP) is 2.00. The van der Waals surface area contributed by atoms with Crippen LogP contribution in [0.2, 0.25) is 0 Å². The number of hydrogen-bond donors (Lipinski definition) is 2. The van der Waals surface area contributed by atoms with Crippen LogP contribution in [0.4, 0.5) is 0 Å². The topological polar surface area (TPSA) is 53.6 Å². The van der Waals surface area contributed by atoms with Crippen LogP contribution >= 0.6 is 0 Å². The number of piperazine rings is 1. The molecule has 1 atom stereocenters. The maximum absolute atomic E-state index is 13.5. The van der Waals surface area contributed by atoms with Crippen LogP contribution in [0.5, 0.6) is 5.75 Å². The maximum atomic E-state index is 13.5. The molecule has 5 nitrogen and oxygen atoms in total. The highest BCUT2D eigenvalue weighted by molar-refractivity contribution is 5.85. The molecule has 2 fully saturated rings. The molecule has 4 rings (SSSR count). The number of methoxy groups -OCH3 is 1. The maximum Gasteiger partial charge on any atom is 0.231 e. The van der Waals surface area contributed by atoms with Gasteiger partial charge in [0.15, 0.2) is 0 Å². The first kappa shape index (κ1) is 18.0. The second kappa shape index (κ2) is 7.71. The molecule has 1 unspecified atom stereocenters. The Hall–Kier alpha value is -2.37. The van der Waals surface area contributed by atoms with E-state index >= 15 is 0 Å². The normalized spacial score (nSPS) is 21.4. The minimum atomic E-state index is -0.342. The number of nitrogens with zero attached hydrogens (tertiary/aromatic N) is 1. The fraction of sp³-hybridized carbons (Fsp3) is 0.409. The monoisotopic (exact) mass is 365 g/mol. The molecule has 0 bridgehead atoms. The highest BCUT2D eigenvalue weighted by atomic mass is 16.5. The lowest BCUT2D eigenvalue weighted by Gasteiger charge is -2.46. The largest absolute Gasteiger partial charge is 0.497 e. The molecule has 0 spiro atoms. The van der Waals surface area contributed by atoms with E-state index in [2.05, 4.69) is 45.9 Å². The van der Waals surface area contributed by atoms with Gasteiger partial charge in [-0.3, -0.25) is 4.79 Å². The van der Waals surface area contributed by atoms with Crippen LogP contribution in [0.15, 0.2) is 54.6 Å². The van der Waals surface area contributed by atoms with Crippen LogP contribution in [0, 0.1) is 5.41 Å².